The summed E-state index contributed by atoms with van der Waals surface area (Å²) in [4.78, 5) is 24.3. The van der Waals surface area contributed by atoms with Crippen molar-refractivity contribution >= 4 is 11.9 Å². The molecule has 0 heterocycles. The third-order valence-electron chi connectivity index (χ3n) is 4.76. The number of rotatable bonds is 6. The van der Waals surface area contributed by atoms with Gasteiger partial charge in [-0.15, -0.1) is 0 Å². The van der Waals surface area contributed by atoms with Crippen LogP contribution in [0, 0.1) is 5.92 Å². The first-order valence-corrected chi connectivity index (χ1v) is 8.61. The van der Waals surface area contributed by atoms with Gasteiger partial charge < -0.3 is 16.4 Å². The van der Waals surface area contributed by atoms with E-state index >= 15 is 0 Å². The Hall–Kier alpha value is -2.82. The minimum absolute atomic E-state index is 0.0563. The zero-order valence-corrected chi connectivity index (χ0v) is 14.0. The fraction of sp³-hybridized carbons (Fsp3) is 0.300. The lowest BCUT2D eigenvalue weighted by Gasteiger charge is -2.35. The molecular formula is C20H23N3O2. The van der Waals surface area contributed by atoms with Gasteiger partial charge in [-0.05, 0) is 29.9 Å². The summed E-state index contributed by atoms with van der Waals surface area (Å²) in [5, 5.41) is 5.74. The molecule has 3 amide bonds. The van der Waals surface area contributed by atoms with Crippen LogP contribution >= 0.6 is 0 Å². The van der Waals surface area contributed by atoms with Crippen LogP contribution in [0.5, 0.6) is 0 Å². The van der Waals surface area contributed by atoms with Crippen molar-refractivity contribution < 1.29 is 9.59 Å². The zero-order valence-electron chi connectivity index (χ0n) is 14.0. The summed E-state index contributed by atoms with van der Waals surface area (Å²) < 4.78 is 0. The Morgan fingerprint density at radius 3 is 1.92 bits per heavy atom. The third-order valence-corrected chi connectivity index (χ3v) is 4.76. The van der Waals surface area contributed by atoms with Gasteiger partial charge in [-0.25, -0.2) is 4.79 Å². The molecule has 0 saturated heterocycles. The highest BCUT2D eigenvalue weighted by Crippen LogP contribution is 2.37. The van der Waals surface area contributed by atoms with E-state index in [0.29, 0.717) is 11.5 Å². The predicted octanol–water partition coefficient (Wildman–Crippen LogP) is 3.05. The summed E-state index contributed by atoms with van der Waals surface area (Å²) in [6.07, 6.45) is 3.38. The number of hydrogen-bond acceptors (Lipinski definition) is 2. The molecule has 0 radical (unpaired) electrons. The number of benzene rings is 2. The fourth-order valence-corrected chi connectivity index (χ4v) is 3.19. The van der Waals surface area contributed by atoms with Crippen molar-refractivity contribution in [3.8, 4) is 0 Å². The maximum atomic E-state index is 12.5. The van der Waals surface area contributed by atoms with Gasteiger partial charge in [0.1, 0.15) is 6.04 Å². The van der Waals surface area contributed by atoms with Crippen molar-refractivity contribution in [2.75, 3.05) is 0 Å². The van der Waals surface area contributed by atoms with Crippen molar-refractivity contribution in [3.63, 3.8) is 0 Å². The summed E-state index contributed by atoms with van der Waals surface area (Å²) in [6.45, 7) is 0. The van der Waals surface area contributed by atoms with Gasteiger partial charge in [0.2, 0.25) is 5.91 Å². The quantitative estimate of drug-likeness (QED) is 0.757. The summed E-state index contributed by atoms with van der Waals surface area (Å²) >= 11 is 0. The first-order valence-electron chi connectivity index (χ1n) is 8.61. The van der Waals surface area contributed by atoms with Crippen LogP contribution < -0.4 is 16.4 Å². The minimum Gasteiger partial charge on any atom is -0.368 e. The lowest BCUT2D eigenvalue weighted by Crippen LogP contribution is -2.46. The molecule has 2 atom stereocenters. The molecule has 2 aromatic carbocycles. The Balaban J connectivity index is 1.71. The summed E-state index contributed by atoms with van der Waals surface area (Å²) in [5.41, 5.74) is 7.23. The molecule has 1 aliphatic rings. The van der Waals surface area contributed by atoms with E-state index in [2.05, 4.69) is 10.6 Å². The first kappa shape index (κ1) is 17.0. The molecule has 1 aliphatic carbocycles. The molecule has 0 bridgehead atoms. The van der Waals surface area contributed by atoms with Gasteiger partial charge in [0, 0.05) is 0 Å². The second-order valence-corrected chi connectivity index (χ2v) is 6.44. The van der Waals surface area contributed by atoms with Gasteiger partial charge >= 0.3 is 6.03 Å². The highest BCUT2D eigenvalue weighted by molar-refractivity contribution is 5.87. The first-order chi connectivity index (χ1) is 12.1. The van der Waals surface area contributed by atoms with Gasteiger partial charge in [0.15, 0.2) is 0 Å². The number of nitrogens with one attached hydrogen (secondary N) is 2. The fourth-order valence-electron chi connectivity index (χ4n) is 3.19. The van der Waals surface area contributed by atoms with Crippen molar-refractivity contribution in [1.82, 2.24) is 10.6 Å². The smallest absolute Gasteiger partial charge is 0.316 e. The van der Waals surface area contributed by atoms with E-state index in [1.807, 2.05) is 48.5 Å². The van der Waals surface area contributed by atoms with Crippen LogP contribution in [-0.4, -0.2) is 11.9 Å². The van der Waals surface area contributed by atoms with Crippen LogP contribution in [0.2, 0.25) is 0 Å². The van der Waals surface area contributed by atoms with Gasteiger partial charge in [0.05, 0.1) is 6.04 Å². The van der Waals surface area contributed by atoms with Gasteiger partial charge in [0.25, 0.3) is 0 Å². The Morgan fingerprint density at radius 2 is 1.44 bits per heavy atom. The van der Waals surface area contributed by atoms with Gasteiger partial charge in [-0.2, -0.15) is 0 Å². The van der Waals surface area contributed by atoms with Crippen LogP contribution in [0.4, 0.5) is 4.79 Å². The van der Waals surface area contributed by atoms with Gasteiger partial charge in [-0.1, -0.05) is 67.1 Å². The van der Waals surface area contributed by atoms with E-state index in [9.17, 15) is 9.59 Å². The predicted molar refractivity (Wildman–Crippen MR) is 96.6 cm³/mol. The van der Waals surface area contributed by atoms with Crippen molar-refractivity contribution in [2.45, 2.75) is 31.3 Å². The average Bonchev–Trinajstić information content (AvgIpc) is 2.59. The number of carbonyl (C=O) groups is 2. The van der Waals surface area contributed by atoms with Crippen LogP contribution in [0.25, 0.3) is 0 Å². The minimum atomic E-state index is -0.848. The Bertz CT molecular complexity index is 714. The molecule has 2 aromatic rings. The number of carbonyl (C=O) groups excluding carboxylic acids is 2. The molecule has 1 fully saturated rings. The standard InChI is InChI=1S/C20H23N3O2/c21-19(24)18(16-10-5-2-6-11-16)23-20(25)22-17(15-12-7-13-15)14-8-3-1-4-9-14/h1-6,8-11,15,17-18H,7,12-13H2,(H2,21,24)(H2,22,23,25)/t17-,18-/m1/s1. The summed E-state index contributed by atoms with van der Waals surface area (Å²) in [5.74, 6) is -0.154. The number of urea groups is 1. The van der Waals surface area contributed by atoms with Crippen molar-refractivity contribution in [3.05, 3.63) is 71.8 Å². The SMILES string of the molecule is NC(=O)[C@H](NC(=O)N[C@H](c1ccccc1)C1CCC1)c1ccccc1. The van der Waals surface area contributed by atoms with Crippen molar-refractivity contribution in [1.29, 1.82) is 0 Å². The van der Waals surface area contributed by atoms with Crippen LogP contribution in [0.1, 0.15) is 42.5 Å². The number of amides is 3. The number of hydrogen-bond donors (Lipinski definition) is 3. The monoisotopic (exact) mass is 337 g/mol. The Morgan fingerprint density at radius 1 is 0.880 bits per heavy atom. The molecule has 0 aliphatic heterocycles. The van der Waals surface area contributed by atoms with Crippen LogP contribution in [0.3, 0.4) is 0 Å². The lowest BCUT2D eigenvalue weighted by atomic mass is 9.77. The van der Waals surface area contributed by atoms with E-state index in [1.165, 1.54) is 6.42 Å². The van der Waals surface area contributed by atoms with E-state index in [4.69, 9.17) is 5.73 Å². The summed E-state index contributed by atoms with van der Waals surface area (Å²) in [7, 11) is 0. The lowest BCUT2D eigenvalue weighted by molar-refractivity contribution is -0.119. The normalized spacial score (nSPS) is 16.3. The second kappa shape index (κ2) is 7.83. The molecule has 130 valence electrons. The Kier molecular flexibility index (Phi) is 5.33. The molecule has 0 spiro atoms. The van der Waals surface area contributed by atoms with Crippen LogP contribution in [0.15, 0.2) is 60.7 Å². The molecule has 4 N–H and O–H groups in total. The van der Waals surface area contributed by atoms with Gasteiger partial charge in [-0.3, -0.25) is 4.79 Å². The molecular weight excluding hydrogens is 314 g/mol. The van der Waals surface area contributed by atoms with E-state index < -0.39 is 11.9 Å². The Labute approximate surface area is 147 Å². The highest BCUT2D eigenvalue weighted by Gasteiger charge is 2.30. The van der Waals surface area contributed by atoms with E-state index in [1.54, 1.807) is 12.1 Å². The number of nitrogens with two attached hydrogens (primary N) is 1. The average molecular weight is 337 g/mol. The topological polar surface area (TPSA) is 84.2 Å². The van der Waals surface area contributed by atoms with Crippen LogP contribution in [-0.2, 0) is 4.79 Å². The van der Waals surface area contributed by atoms with E-state index in [0.717, 1.165) is 18.4 Å². The molecule has 5 nitrogen and oxygen atoms in total. The molecule has 1 saturated carbocycles. The number of primary amides is 1. The third kappa shape index (κ3) is 4.18. The summed E-state index contributed by atoms with van der Waals surface area (Å²) in [6, 6.07) is 17.7. The highest BCUT2D eigenvalue weighted by atomic mass is 16.2. The zero-order chi connectivity index (χ0) is 17.6. The largest absolute Gasteiger partial charge is 0.368 e. The molecule has 3 rings (SSSR count). The molecule has 5 heteroatoms. The van der Waals surface area contributed by atoms with E-state index in [-0.39, 0.29) is 12.1 Å². The maximum absolute atomic E-state index is 12.5. The molecule has 25 heavy (non-hydrogen) atoms. The van der Waals surface area contributed by atoms with Crippen molar-refractivity contribution in [2.24, 2.45) is 11.7 Å². The maximum Gasteiger partial charge on any atom is 0.316 e. The second-order valence-electron chi connectivity index (χ2n) is 6.44. The molecule has 0 unspecified atom stereocenters. The molecule has 0 aromatic heterocycles.